The van der Waals surface area contributed by atoms with E-state index in [4.69, 9.17) is 0 Å². The summed E-state index contributed by atoms with van der Waals surface area (Å²) in [6.07, 6.45) is 0. The topological polar surface area (TPSA) is 17.0 Å². The lowest BCUT2D eigenvalue weighted by molar-refractivity contribution is 0.621. The Labute approximate surface area is 115 Å². The van der Waals surface area contributed by atoms with Crippen LogP contribution in [0.5, 0.6) is 0 Å². The molecule has 0 aliphatic heterocycles. The summed E-state index contributed by atoms with van der Waals surface area (Å²) in [7, 11) is 2.05. The molecule has 1 aromatic heterocycles. The molecular formula is C14H16BrFN2. The van der Waals surface area contributed by atoms with Crippen molar-refractivity contribution in [3.63, 3.8) is 0 Å². The number of hydrogen-bond acceptors (Lipinski definition) is 1. The fraction of sp³-hybridized carbons (Fsp3) is 0.286. The Morgan fingerprint density at radius 3 is 2.56 bits per heavy atom. The Hall–Kier alpha value is -1.29. The number of anilines is 1. The molecule has 2 aromatic rings. The van der Waals surface area contributed by atoms with Gasteiger partial charge in [-0.1, -0.05) is 0 Å². The number of aryl methyl sites for hydroxylation is 1. The number of halogens is 2. The van der Waals surface area contributed by atoms with Gasteiger partial charge in [-0.05, 0) is 59.6 Å². The van der Waals surface area contributed by atoms with Gasteiger partial charge in [0.2, 0.25) is 0 Å². The first-order valence-electron chi connectivity index (χ1n) is 5.79. The molecule has 2 rings (SSSR count). The summed E-state index contributed by atoms with van der Waals surface area (Å²) in [6, 6.07) is 7.21. The minimum atomic E-state index is -0.249. The molecule has 0 radical (unpaired) electrons. The quantitative estimate of drug-likeness (QED) is 0.901. The van der Waals surface area contributed by atoms with E-state index in [9.17, 15) is 4.39 Å². The largest absolute Gasteiger partial charge is 0.381 e. The summed E-state index contributed by atoms with van der Waals surface area (Å²) in [6.45, 7) is 4.87. The molecule has 0 saturated carbocycles. The Morgan fingerprint density at radius 2 is 2.00 bits per heavy atom. The molecule has 0 bridgehead atoms. The Kier molecular flexibility index (Phi) is 3.76. The highest BCUT2D eigenvalue weighted by atomic mass is 79.9. The molecular weight excluding hydrogens is 295 g/mol. The lowest BCUT2D eigenvalue weighted by Gasteiger charge is -2.07. The number of nitrogens with one attached hydrogen (secondary N) is 1. The van der Waals surface area contributed by atoms with Gasteiger partial charge >= 0.3 is 0 Å². The first-order chi connectivity index (χ1) is 8.49. The van der Waals surface area contributed by atoms with Crippen LogP contribution in [0.2, 0.25) is 0 Å². The van der Waals surface area contributed by atoms with E-state index in [1.807, 2.05) is 13.1 Å². The zero-order chi connectivity index (χ0) is 13.3. The van der Waals surface area contributed by atoms with Gasteiger partial charge in [-0.3, -0.25) is 0 Å². The van der Waals surface area contributed by atoms with Crippen molar-refractivity contribution in [2.45, 2.75) is 20.4 Å². The highest BCUT2D eigenvalue weighted by Gasteiger charge is 2.06. The van der Waals surface area contributed by atoms with Crippen LogP contribution in [-0.2, 0) is 13.6 Å². The van der Waals surface area contributed by atoms with Crippen molar-refractivity contribution in [3.8, 4) is 0 Å². The highest BCUT2D eigenvalue weighted by Crippen LogP contribution is 2.20. The van der Waals surface area contributed by atoms with E-state index in [0.29, 0.717) is 11.0 Å². The highest BCUT2D eigenvalue weighted by molar-refractivity contribution is 9.10. The summed E-state index contributed by atoms with van der Waals surface area (Å²) in [5.41, 5.74) is 4.49. The molecule has 0 unspecified atom stereocenters. The van der Waals surface area contributed by atoms with Crippen molar-refractivity contribution in [1.29, 1.82) is 0 Å². The predicted octanol–water partition coefficient (Wildman–Crippen LogP) is 4.16. The number of benzene rings is 1. The fourth-order valence-corrected chi connectivity index (χ4v) is 2.16. The van der Waals surface area contributed by atoms with E-state index in [1.165, 1.54) is 23.0 Å². The Balaban J connectivity index is 2.11. The van der Waals surface area contributed by atoms with Crippen LogP contribution in [0.25, 0.3) is 0 Å². The molecule has 0 amide bonds. The Morgan fingerprint density at radius 1 is 1.28 bits per heavy atom. The van der Waals surface area contributed by atoms with Crippen LogP contribution in [-0.4, -0.2) is 4.57 Å². The fourth-order valence-electron chi connectivity index (χ4n) is 1.92. The first-order valence-corrected chi connectivity index (χ1v) is 6.59. The van der Waals surface area contributed by atoms with Crippen molar-refractivity contribution in [1.82, 2.24) is 4.57 Å². The van der Waals surface area contributed by atoms with Crippen LogP contribution in [0.4, 0.5) is 10.1 Å². The third kappa shape index (κ3) is 2.58. The van der Waals surface area contributed by atoms with Gasteiger partial charge < -0.3 is 9.88 Å². The summed E-state index contributed by atoms with van der Waals surface area (Å²) in [5.74, 6) is -0.249. The van der Waals surface area contributed by atoms with E-state index in [1.54, 1.807) is 6.07 Å². The summed E-state index contributed by atoms with van der Waals surface area (Å²) >= 11 is 3.14. The summed E-state index contributed by atoms with van der Waals surface area (Å²) in [4.78, 5) is 0. The lowest BCUT2D eigenvalue weighted by atomic mass is 10.2. The molecule has 1 heterocycles. The van der Waals surface area contributed by atoms with Gasteiger partial charge in [-0.25, -0.2) is 4.39 Å². The SMILES string of the molecule is Cc1cc(CNc2ccc(Br)c(F)c2)c(C)n1C. The monoisotopic (exact) mass is 310 g/mol. The van der Waals surface area contributed by atoms with Crippen molar-refractivity contribution >= 4 is 21.6 Å². The second kappa shape index (κ2) is 5.14. The van der Waals surface area contributed by atoms with Crippen molar-refractivity contribution in [3.05, 3.63) is 51.5 Å². The van der Waals surface area contributed by atoms with Gasteiger partial charge in [-0.2, -0.15) is 0 Å². The minimum absolute atomic E-state index is 0.249. The van der Waals surface area contributed by atoms with Gasteiger partial charge in [0.25, 0.3) is 0 Å². The average molecular weight is 311 g/mol. The number of hydrogen-bond donors (Lipinski definition) is 1. The van der Waals surface area contributed by atoms with Crippen LogP contribution < -0.4 is 5.32 Å². The minimum Gasteiger partial charge on any atom is -0.381 e. The maximum absolute atomic E-state index is 13.4. The molecule has 1 aromatic carbocycles. The normalized spacial score (nSPS) is 10.7. The number of rotatable bonds is 3. The molecule has 96 valence electrons. The van der Waals surface area contributed by atoms with E-state index in [2.05, 4.69) is 45.7 Å². The first kappa shape index (κ1) is 13.1. The molecule has 0 atom stereocenters. The molecule has 0 spiro atoms. The number of aromatic nitrogens is 1. The molecule has 2 nitrogen and oxygen atoms in total. The van der Waals surface area contributed by atoms with Crippen LogP contribution >= 0.6 is 15.9 Å². The zero-order valence-electron chi connectivity index (χ0n) is 10.7. The van der Waals surface area contributed by atoms with Gasteiger partial charge in [0, 0.05) is 30.7 Å². The molecule has 0 aliphatic rings. The standard InChI is InChI=1S/C14H16BrFN2/c1-9-6-11(10(2)18(9)3)8-17-12-4-5-13(15)14(16)7-12/h4-7,17H,8H2,1-3H3. The van der Waals surface area contributed by atoms with Gasteiger partial charge in [0.05, 0.1) is 4.47 Å². The van der Waals surface area contributed by atoms with Gasteiger partial charge in [0.1, 0.15) is 5.82 Å². The van der Waals surface area contributed by atoms with Crippen molar-refractivity contribution in [2.24, 2.45) is 7.05 Å². The van der Waals surface area contributed by atoms with Crippen LogP contribution in [0.1, 0.15) is 17.0 Å². The molecule has 0 aliphatic carbocycles. The average Bonchev–Trinajstić information content (AvgIpc) is 2.58. The van der Waals surface area contributed by atoms with Gasteiger partial charge in [0.15, 0.2) is 0 Å². The van der Waals surface area contributed by atoms with Crippen molar-refractivity contribution < 1.29 is 4.39 Å². The van der Waals surface area contributed by atoms with Crippen LogP contribution in [0.3, 0.4) is 0 Å². The van der Waals surface area contributed by atoms with Gasteiger partial charge in [-0.15, -0.1) is 0 Å². The van der Waals surface area contributed by atoms with E-state index in [-0.39, 0.29) is 5.82 Å². The van der Waals surface area contributed by atoms with E-state index < -0.39 is 0 Å². The molecule has 18 heavy (non-hydrogen) atoms. The molecule has 0 fully saturated rings. The zero-order valence-corrected chi connectivity index (χ0v) is 12.3. The lowest BCUT2D eigenvalue weighted by Crippen LogP contribution is -2.01. The summed E-state index contributed by atoms with van der Waals surface area (Å²) in [5, 5.41) is 3.24. The maximum atomic E-state index is 13.4. The Bertz CT molecular complexity index is 575. The smallest absolute Gasteiger partial charge is 0.139 e. The van der Waals surface area contributed by atoms with E-state index in [0.717, 1.165) is 5.69 Å². The third-order valence-electron chi connectivity index (χ3n) is 3.28. The second-order valence-corrected chi connectivity index (χ2v) is 5.29. The summed E-state index contributed by atoms with van der Waals surface area (Å²) < 4.78 is 16.0. The van der Waals surface area contributed by atoms with Crippen LogP contribution in [0, 0.1) is 19.7 Å². The number of nitrogens with zero attached hydrogens (tertiary/aromatic N) is 1. The van der Waals surface area contributed by atoms with Crippen molar-refractivity contribution in [2.75, 3.05) is 5.32 Å². The molecule has 0 saturated heterocycles. The maximum Gasteiger partial charge on any atom is 0.139 e. The third-order valence-corrected chi connectivity index (χ3v) is 3.93. The molecule has 4 heteroatoms. The van der Waals surface area contributed by atoms with Crippen LogP contribution in [0.15, 0.2) is 28.7 Å². The van der Waals surface area contributed by atoms with E-state index >= 15 is 0 Å². The molecule has 1 N–H and O–H groups in total. The predicted molar refractivity (Wildman–Crippen MR) is 76.3 cm³/mol. The second-order valence-electron chi connectivity index (χ2n) is 4.44.